The van der Waals surface area contributed by atoms with E-state index in [1.807, 2.05) is 0 Å². The van der Waals surface area contributed by atoms with E-state index in [-0.39, 0.29) is 0 Å². The fourth-order valence-electron chi connectivity index (χ4n) is 2.71. The summed E-state index contributed by atoms with van der Waals surface area (Å²) in [4.78, 5) is 5.03. The van der Waals surface area contributed by atoms with Crippen molar-refractivity contribution in [2.75, 3.05) is 40.3 Å². The van der Waals surface area contributed by atoms with Crippen LogP contribution in [0.2, 0.25) is 0 Å². The van der Waals surface area contributed by atoms with Gasteiger partial charge in [0.2, 0.25) is 0 Å². The Kier molecular flexibility index (Phi) is 6.32. The molecule has 1 heterocycles. The van der Waals surface area contributed by atoms with E-state index in [0.29, 0.717) is 0 Å². The molecule has 0 amide bonds. The zero-order valence-corrected chi connectivity index (χ0v) is 11.5. The highest BCUT2D eigenvalue weighted by Crippen LogP contribution is 2.21. The van der Waals surface area contributed by atoms with E-state index in [1.54, 1.807) is 0 Å². The molecule has 16 heavy (non-hydrogen) atoms. The molecule has 3 heteroatoms. The first-order chi connectivity index (χ1) is 7.65. The van der Waals surface area contributed by atoms with Gasteiger partial charge in [0.15, 0.2) is 0 Å². The third-order valence-corrected chi connectivity index (χ3v) is 3.55. The third kappa shape index (κ3) is 4.40. The summed E-state index contributed by atoms with van der Waals surface area (Å²) >= 11 is 0. The SMILES string of the molecule is CCNCCC(C)N1CCCC1CN(C)C. The van der Waals surface area contributed by atoms with Crippen LogP contribution < -0.4 is 5.32 Å². The summed E-state index contributed by atoms with van der Waals surface area (Å²) in [6, 6.07) is 1.51. The summed E-state index contributed by atoms with van der Waals surface area (Å²) in [6.45, 7) is 9.31. The van der Waals surface area contributed by atoms with E-state index in [9.17, 15) is 0 Å². The van der Waals surface area contributed by atoms with Crippen LogP contribution >= 0.6 is 0 Å². The van der Waals surface area contributed by atoms with E-state index in [0.717, 1.165) is 25.2 Å². The largest absolute Gasteiger partial charge is 0.317 e. The average molecular weight is 227 g/mol. The Morgan fingerprint density at radius 3 is 2.81 bits per heavy atom. The first-order valence-electron chi connectivity index (χ1n) is 6.76. The minimum atomic E-state index is 0.728. The molecule has 0 aromatic heterocycles. The highest BCUT2D eigenvalue weighted by atomic mass is 15.2. The number of likely N-dealkylation sites (N-methyl/N-ethyl adjacent to an activating group) is 1. The summed E-state index contributed by atoms with van der Waals surface area (Å²) in [5.41, 5.74) is 0. The predicted molar refractivity (Wildman–Crippen MR) is 70.9 cm³/mol. The van der Waals surface area contributed by atoms with Gasteiger partial charge in [-0.2, -0.15) is 0 Å². The highest BCUT2D eigenvalue weighted by molar-refractivity contribution is 4.84. The van der Waals surface area contributed by atoms with Crippen LogP contribution in [-0.2, 0) is 0 Å². The molecule has 0 aromatic rings. The van der Waals surface area contributed by atoms with Crippen molar-refractivity contribution in [3.63, 3.8) is 0 Å². The van der Waals surface area contributed by atoms with Gasteiger partial charge in [0.25, 0.3) is 0 Å². The Hall–Kier alpha value is -0.120. The molecule has 96 valence electrons. The lowest BCUT2D eigenvalue weighted by Crippen LogP contribution is -2.43. The molecule has 3 nitrogen and oxygen atoms in total. The Bertz CT molecular complexity index is 182. The molecular weight excluding hydrogens is 198 g/mol. The van der Waals surface area contributed by atoms with Crippen molar-refractivity contribution < 1.29 is 0 Å². The summed E-state index contributed by atoms with van der Waals surface area (Å²) in [5, 5.41) is 3.42. The number of nitrogens with zero attached hydrogens (tertiary/aromatic N) is 2. The molecule has 0 aromatic carbocycles. The van der Waals surface area contributed by atoms with Gasteiger partial charge in [-0.25, -0.2) is 0 Å². The molecule has 2 unspecified atom stereocenters. The number of nitrogens with one attached hydrogen (secondary N) is 1. The van der Waals surface area contributed by atoms with Crippen molar-refractivity contribution in [2.45, 2.75) is 45.2 Å². The number of likely N-dealkylation sites (tertiary alicyclic amines) is 1. The monoisotopic (exact) mass is 227 g/mol. The van der Waals surface area contributed by atoms with Gasteiger partial charge in [-0.3, -0.25) is 4.90 Å². The van der Waals surface area contributed by atoms with Gasteiger partial charge in [-0.05, 0) is 59.9 Å². The van der Waals surface area contributed by atoms with E-state index in [1.165, 1.54) is 32.4 Å². The maximum atomic E-state index is 3.42. The number of hydrogen-bond acceptors (Lipinski definition) is 3. The first-order valence-corrected chi connectivity index (χ1v) is 6.76. The van der Waals surface area contributed by atoms with Gasteiger partial charge < -0.3 is 10.2 Å². The van der Waals surface area contributed by atoms with E-state index in [2.05, 4.69) is 43.1 Å². The molecule has 2 atom stereocenters. The van der Waals surface area contributed by atoms with Crippen molar-refractivity contribution in [1.82, 2.24) is 15.1 Å². The lowest BCUT2D eigenvalue weighted by Gasteiger charge is -2.32. The quantitative estimate of drug-likeness (QED) is 0.663. The Labute approximate surface area is 101 Å². The Morgan fingerprint density at radius 1 is 1.44 bits per heavy atom. The van der Waals surface area contributed by atoms with Crippen LogP contribution in [0.1, 0.15) is 33.1 Å². The lowest BCUT2D eigenvalue weighted by molar-refractivity contribution is 0.155. The highest BCUT2D eigenvalue weighted by Gasteiger charge is 2.28. The molecule has 0 bridgehead atoms. The maximum Gasteiger partial charge on any atom is 0.0226 e. The van der Waals surface area contributed by atoms with Crippen LogP contribution in [0.4, 0.5) is 0 Å². The van der Waals surface area contributed by atoms with Crippen LogP contribution in [0.5, 0.6) is 0 Å². The van der Waals surface area contributed by atoms with Crippen LogP contribution in [0, 0.1) is 0 Å². The minimum Gasteiger partial charge on any atom is -0.317 e. The zero-order valence-electron chi connectivity index (χ0n) is 11.5. The molecule has 1 aliphatic rings. The van der Waals surface area contributed by atoms with Crippen LogP contribution in [-0.4, -0.2) is 62.2 Å². The van der Waals surface area contributed by atoms with Crippen molar-refractivity contribution in [2.24, 2.45) is 0 Å². The van der Waals surface area contributed by atoms with Crippen molar-refractivity contribution in [3.05, 3.63) is 0 Å². The van der Waals surface area contributed by atoms with Crippen molar-refractivity contribution in [1.29, 1.82) is 0 Å². The number of hydrogen-bond donors (Lipinski definition) is 1. The second-order valence-corrected chi connectivity index (χ2v) is 5.29. The molecular formula is C13H29N3. The fraction of sp³-hybridized carbons (Fsp3) is 1.00. The molecule has 1 saturated heterocycles. The van der Waals surface area contributed by atoms with Crippen molar-refractivity contribution >= 4 is 0 Å². The van der Waals surface area contributed by atoms with Crippen LogP contribution in [0.15, 0.2) is 0 Å². The summed E-state index contributed by atoms with van der Waals surface area (Å²) in [6.07, 6.45) is 4.03. The van der Waals surface area contributed by atoms with Crippen molar-refractivity contribution in [3.8, 4) is 0 Å². The van der Waals surface area contributed by atoms with Gasteiger partial charge in [-0.15, -0.1) is 0 Å². The van der Waals surface area contributed by atoms with Crippen LogP contribution in [0.25, 0.3) is 0 Å². The molecule has 0 radical (unpaired) electrons. The average Bonchev–Trinajstić information content (AvgIpc) is 2.65. The van der Waals surface area contributed by atoms with Gasteiger partial charge in [0.1, 0.15) is 0 Å². The van der Waals surface area contributed by atoms with E-state index in [4.69, 9.17) is 0 Å². The molecule has 0 aliphatic carbocycles. The summed E-state index contributed by atoms with van der Waals surface area (Å²) in [5.74, 6) is 0. The van der Waals surface area contributed by atoms with Gasteiger partial charge in [0, 0.05) is 18.6 Å². The van der Waals surface area contributed by atoms with E-state index >= 15 is 0 Å². The number of rotatable bonds is 7. The smallest absolute Gasteiger partial charge is 0.0226 e. The normalized spacial score (nSPS) is 24.2. The standard InChI is InChI=1S/C13H29N3/c1-5-14-9-8-12(2)16-10-6-7-13(16)11-15(3)4/h12-14H,5-11H2,1-4H3. The second kappa shape index (κ2) is 7.25. The maximum absolute atomic E-state index is 3.42. The fourth-order valence-corrected chi connectivity index (χ4v) is 2.71. The molecule has 1 fully saturated rings. The Balaban J connectivity index is 2.32. The molecule has 0 spiro atoms. The second-order valence-electron chi connectivity index (χ2n) is 5.29. The summed E-state index contributed by atoms with van der Waals surface area (Å²) < 4.78 is 0. The Morgan fingerprint density at radius 2 is 2.19 bits per heavy atom. The molecule has 0 saturated carbocycles. The molecule has 1 aliphatic heterocycles. The first kappa shape index (κ1) is 13.9. The van der Waals surface area contributed by atoms with E-state index < -0.39 is 0 Å². The summed E-state index contributed by atoms with van der Waals surface area (Å²) in [7, 11) is 4.36. The molecule has 1 N–H and O–H groups in total. The van der Waals surface area contributed by atoms with Gasteiger partial charge in [-0.1, -0.05) is 6.92 Å². The zero-order chi connectivity index (χ0) is 12.0. The minimum absolute atomic E-state index is 0.728. The van der Waals surface area contributed by atoms with Gasteiger partial charge >= 0.3 is 0 Å². The van der Waals surface area contributed by atoms with Gasteiger partial charge in [0.05, 0.1) is 0 Å². The predicted octanol–water partition coefficient (Wildman–Crippen LogP) is 1.40. The topological polar surface area (TPSA) is 18.5 Å². The third-order valence-electron chi connectivity index (χ3n) is 3.55. The van der Waals surface area contributed by atoms with Crippen LogP contribution in [0.3, 0.4) is 0 Å². The lowest BCUT2D eigenvalue weighted by atomic mass is 10.1. The molecule has 1 rings (SSSR count).